The first-order chi connectivity index (χ1) is 11.6. The number of benzene rings is 1. The normalized spacial score (nSPS) is 34.6. The largest absolute Gasteiger partial charge is 0.497 e. The molecule has 2 aliphatic rings. The van der Waals surface area contributed by atoms with Crippen LogP contribution >= 0.6 is 0 Å². The average Bonchev–Trinajstić information content (AvgIpc) is 2.57. The summed E-state index contributed by atoms with van der Waals surface area (Å²) in [6.07, 6.45) is 7.56. The van der Waals surface area contributed by atoms with Crippen LogP contribution in [0.15, 0.2) is 24.3 Å². The maximum absolute atomic E-state index is 13.2. The van der Waals surface area contributed by atoms with Gasteiger partial charge >= 0.3 is 0 Å². The van der Waals surface area contributed by atoms with Crippen LogP contribution in [0.2, 0.25) is 0 Å². The second kappa shape index (κ2) is 5.62. The van der Waals surface area contributed by atoms with Gasteiger partial charge in [0.25, 0.3) is 0 Å². The summed E-state index contributed by atoms with van der Waals surface area (Å²) in [5.41, 5.74) is -0.683. The molecule has 1 saturated carbocycles. The van der Waals surface area contributed by atoms with Gasteiger partial charge in [-0.2, -0.15) is 0 Å². The average molecular weight is 339 g/mol. The van der Waals surface area contributed by atoms with Crippen molar-refractivity contribution in [2.45, 2.75) is 46.6 Å². The molecule has 0 radical (unpaired) electrons. The van der Waals surface area contributed by atoms with Crippen LogP contribution in [0.25, 0.3) is 0 Å². The number of hydrogen-bond donors (Lipinski definition) is 0. The number of fused-ring (bicyclic) bond motifs is 2. The van der Waals surface area contributed by atoms with E-state index in [1.165, 1.54) is 4.90 Å². The van der Waals surface area contributed by atoms with Gasteiger partial charge in [-0.25, -0.2) is 0 Å². The third-order valence-corrected chi connectivity index (χ3v) is 5.71. The molecule has 4 nitrogen and oxygen atoms in total. The Kier molecular flexibility index (Phi) is 3.95. The summed E-state index contributed by atoms with van der Waals surface area (Å²) in [5, 5.41) is 0. The highest BCUT2D eigenvalue weighted by atomic mass is 16.5. The van der Waals surface area contributed by atoms with Crippen LogP contribution < -0.4 is 4.74 Å². The third-order valence-electron chi connectivity index (χ3n) is 5.71. The van der Waals surface area contributed by atoms with Gasteiger partial charge in [0.1, 0.15) is 5.75 Å². The number of piperidine rings is 1. The summed E-state index contributed by atoms with van der Waals surface area (Å²) in [6.45, 7) is 6.19. The van der Waals surface area contributed by atoms with Crippen LogP contribution in [0.3, 0.4) is 0 Å². The summed E-state index contributed by atoms with van der Waals surface area (Å²) >= 11 is 0. The minimum Gasteiger partial charge on any atom is -0.497 e. The number of amides is 2. The van der Waals surface area contributed by atoms with E-state index in [1.54, 1.807) is 7.11 Å². The van der Waals surface area contributed by atoms with E-state index >= 15 is 0 Å². The monoisotopic (exact) mass is 339 g/mol. The van der Waals surface area contributed by atoms with Crippen LogP contribution in [-0.2, 0) is 16.1 Å². The van der Waals surface area contributed by atoms with Crippen LogP contribution in [0.1, 0.15) is 45.6 Å². The molecule has 2 bridgehead atoms. The van der Waals surface area contributed by atoms with Gasteiger partial charge in [0.2, 0.25) is 11.8 Å². The Balaban J connectivity index is 1.93. The van der Waals surface area contributed by atoms with Gasteiger partial charge < -0.3 is 4.74 Å². The minimum atomic E-state index is -0.589. The molecule has 3 atom stereocenters. The van der Waals surface area contributed by atoms with Gasteiger partial charge in [-0.05, 0) is 43.9 Å². The van der Waals surface area contributed by atoms with Crippen molar-refractivity contribution in [2.75, 3.05) is 7.11 Å². The summed E-state index contributed by atoms with van der Waals surface area (Å²) in [5.74, 6) is 3.38. The lowest BCUT2D eigenvalue weighted by atomic mass is 9.52. The van der Waals surface area contributed by atoms with Crippen molar-refractivity contribution >= 4 is 11.8 Å². The molecule has 2 fully saturated rings. The first-order valence-electron chi connectivity index (χ1n) is 8.62. The molecule has 0 spiro atoms. The van der Waals surface area contributed by atoms with Gasteiger partial charge in [0.05, 0.1) is 13.7 Å². The third kappa shape index (κ3) is 2.82. The molecule has 3 rings (SSSR count). The standard InChI is InChI=1S/C21H25NO3/c1-6-19(2)12-20(3)14-21(4,13-19)18(24)22(17(20)23)11-15-7-9-16(25-5)10-8-15/h1,7-10H,11-14H2,2-5H3/t19?,20-,21+. The molecule has 1 unspecified atom stereocenters. The molecule has 4 heteroatoms. The zero-order chi connectivity index (χ0) is 18.5. The fourth-order valence-corrected chi connectivity index (χ4v) is 4.98. The number of nitrogens with zero attached hydrogens (tertiary/aromatic N) is 1. The first kappa shape index (κ1) is 17.5. The summed E-state index contributed by atoms with van der Waals surface area (Å²) in [4.78, 5) is 27.7. The van der Waals surface area contributed by atoms with Crippen LogP contribution in [0, 0.1) is 28.6 Å². The summed E-state index contributed by atoms with van der Waals surface area (Å²) < 4.78 is 5.16. The predicted octanol–water partition coefficient (Wildman–Crippen LogP) is 3.40. The molecule has 132 valence electrons. The van der Waals surface area contributed by atoms with E-state index in [1.807, 2.05) is 45.0 Å². The SMILES string of the molecule is C#CC1(C)C[C@@]2(C)C[C@@](C)(C1)C(=O)N(Cc1ccc(OC)cc1)C2=O. The number of imide groups is 1. The maximum Gasteiger partial charge on any atom is 0.235 e. The van der Waals surface area contributed by atoms with Crippen LogP contribution in [-0.4, -0.2) is 23.8 Å². The van der Waals surface area contributed by atoms with Crippen molar-refractivity contribution in [1.29, 1.82) is 0 Å². The molecule has 2 amide bonds. The van der Waals surface area contributed by atoms with Crippen molar-refractivity contribution in [3.63, 3.8) is 0 Å². The number of methoxy groups -OCH3 is 1. The van der Waals surface area contributed by atoms with Crippen molar-refractivity contribution in [3.05, 3.63) is 29.8 Å². The topological polar surface area (TPSA) is 46.6 Å². The Labute approximate surface area is 149 Å². The molecule has 0 N–H and O–H groups in total. The second-order valence-corrected chi connectivity index (χ2v) is 8.40. The number of hydrogen-bond acceptors (Lipinski definition) is 3. The predicted molar refractivity (Wildman–Crippen MR) is 95.6 cm³/mol. The van der Waals surface area contributed by atoms with Crippen molar-refractivity contribution in [2.24, 2.45) is 16.2 Å². The first-order valence-corrected chi connectivity index (χ1v) is 8.62. The number of terminal acetylenes is 1. The van der Waals surface area contributed by atoms with E-state index in [9.17, 15) is 9.59 Å². The Morgan fingerprint density at radius 3 is 2.00 bits per heavy atom. The summed E-state index contributed by atoms with van der Waals surface area (Å²) in [7, 11) is 1.61. The highest BCUT2D eigenvalue weighted by Crippen LogP contribution is 2.58. The lowest BCUT2D eigenvalue weighted by Crippen LogP contribution is -2.62. The van der Waals surface area contributed by atoms with E-state index in [2.05, 4.69) is 5.92 Å². The van der Waals surface area contributed by atoms with E-state index < -0.39 is 16.2 Å². The highest BCUT2D eigenvalue weighted by Gasteiger charge is 2.61. The van der Waals surface area contributed by atoms with Gasteiger partial charge in [0, 0.05) is 16.2 Å². The van der Waals surface area contributed by atoms with Crippen LogP contribution in [0.5, 0.6) is 5.75 Å². The molecule has 25 heavy (non-hydrogen) atoms. The number of carbonyl (C=O) groups excluding carboxylic acids is 2. The fourth-order valence-electron chi connectivity index (χ4n) is 4.98. The Morgan fingerprint density at radius 2 is 1.56 bits per heavy atom. The van der Waals surface area contributed by atoms with Gasteiger partial charge in [-0.15, -0.1) is 12.3 Å². The van der Waals surface area contributed by atoms with Crippen molar-refractivity contribution < 1.29 is 14.3 Å². The molecule has 1 aromatic carbocycles. The molecule has 1 aromatic rings. The molecule has 1 aliphatic heterocycles. The molecular weight excluding hydrogens is 314 g/mol. The van der Waals surface area contributed by atoms with E-state index in [4.69, 9.17) is 11.2 Å². The van der Waals surface area contributed by atoms with E-state index in [0.717, 1.165) is 11.3 Å². The van der Waals surface area contributed by atoms with Crippen molar-refractivity contribution in [3.8, 4) is 18.1 Å². The van der Waals surface area contributed by atoms with Gasteiger partial charge in [0.15, 0.2) is 0 Å². The lowest BCUT2D eigenvalue weighted by Gasteiger charge is -2.55. The highest BCUT2D eigenvalue weighted by molar-refractivity contribution is 6.03. The number of carbonyl (C=O) groups is 2. The smallest absolute Gasteiger partial charge is 0.235 e. The molecule has 1 saturated heterocycles. The zero-order valence-corrected chi connectivity index (χ0v) is 15.4. The Morgan fingerprint density at radius 1 is 1.04 bits per heavy atom. The number of likely N-dealkylation sites (tertiary alicyclic amines) is 1. The van der Waals surface area contributed by atoms with Gasteiger partial charge in [-0.3, -0.25) is 14.5 Å². The minimum absolute atomic E-state index is 0.105. The Bertz CT molecular complexity index is 730. The molecular formula is C21H25NO3. The van der Waals surface area contributed by atoms with Crippen LogP contribution in [0.4, 0.5) is 0 Å². The fraction of sp³-hybridized carbons (Fsp3) is 0.524. The van der Waals surface area contributed by atoms with E-state index in [-0.39, 0.29) is 11.8 Å². The lowest BCUT2D eigenvalue weighted by molar-refractivity contribution is -0.177. The quantitative estimate of drug-likeness (QED) is 0.626. The van der Waals surface area contributed by atoms with Crippen molar-refractivity contribution in [1.82, 2.24) is 4.90 Å². The molecule has 1 heterocycles. The Hall–Kier alpha value is -2.28. The van der Waals surface area contributed by atoms with Gasteiger partial charge in [-0.1, -0.05) is 26.0 Å². The number of ether oxygens (including phenoxy) is 1. The zero-order valence-electron chi connectivity index (χ0n) is 15.4. The molecule has 1 aliphatic carbocycles. The summed E-state index contributed by atoms with van der Waals surface area (Å²) in [6, 6.07) is 7.46. The maximum atomic E-state index is 13.2. The second-order valence-electron chi connectivity index (χ2n) is 8.40. The molecule has 0 aromatic heterocycles. The van der Waals surface area contributed by atoms with E-state index in [0.29, 0.717) is 25.8 Å². The number of rotatable bonds is 3.